The molecule has 6 nitrogen and oxygen atoms in total. The topological polar surface area (TPSA) is 83.5 Å². The van der Waals surface area contributed by atoms with Gasteiger partial charge in [-0.1, -0.05) is 75.5 Å². The molecule has 0 saturated heterocycles. The summed E-state index contributed by atoms with van der Waals surface area (Å²) in [7, 11) is 0. The summed E-state index contributed by atoms with van der Waals surface area (Å²) in [5.74, 6) is -0.800. The van der Waals surface area contributed by atoms with Gasteiger partial charge in [0.25, 0.3) is 5.91 Å². The van der Waals surface area contributed by atoms with E-state index in [1.165, 1.54) is 6.21 Å². The number of aromatic amines is 1. The predicted octanol–water partition coefficient (Wildman–Crippen LogP) is 8.96. The number of fused-ring (bicyclic) bond motifs is 1. The highest BCUT2D eigenvalue weighted by molar-refractivity contribution is 9.11. The van der Waals surface area contributed by atoms with E-state index in [2.05, 4.69) is 47.4 Å². The van der Waals surface area contributed by atoms with Crippen LogP contribution in [0.4, 0.5) is 0 Å². The van der Waals surface area contributed by atoms with Crippen molar-refractivity contribution >= 4 is 84.1 Å². The van der Waals surface area contributed by atoms with Crippen LogP contribution in [-0.4, -0.2) is 23.1 Å². The number of aromatic nitrogens is 1. The first kappa shape index (κ1) is 28.1. The number of halogens is 4. The Morgan fingerprint density at radius 3 is 2.48 bits per heavy atom. The van der Waals surface area contributed by atoms with Gasteiger partial charge in [0, 0.05) is 42.1 Å². The average Bonchev–Trinajstić information content (AvgIpc) is 3.32. The predicted molar refractivity (Wildman–Crippen MR) is 167 cm³/mol. The molecule has 0 radical (unpaired) electrons. The highest BCUT2D eigenvalue weighted by Gasteiger charge is 2.22. The second-order valence-electron chi connectivity index (χ2n) is 8.75. The molecule has 0 aliphatic rings. The Balaban J connectivity index is 1.46. The van der Waals surface area contributed by atoms with E-state index in [1.807, 2.05) is 43.3 Å². The smallest absolute Gasteiger partial charge is 0.343 e. The number of aryl methyl sites for hydroxylation is 1. The van der Waals surface area contributed by atoms with Crippen LogP contribution in [0.25, 0.3) is 22.0 Å². The van der Waals surface area contributed by atoms with Crippen molar-refractivity contribution in [3.63, 3.8) is 0 Å². The number of carbonyl (C=O) groups is 2. The number of nitrogens with zero attached hydrogens (tertiary/aromatic N) is 1. The first-order valence-corrected chi connectivity index (χ1v) is 14.2. The molecule has 4 aromatic carbocycles. The van der Waals surface area contributed by atoms with Crippen LogP contribution in [0.2, 0.25) is 10.0 Å². The monoisotopic (exact) mass is 697 g/mol. The summed E-state index contributed by atoms with van der Waals surface area (Å²) in [6.45, 7) is 1.97. The summed E-state index contributed by atoms with van der Waals surface area (Å²) >= 11 is 19.3. The van der Waals surface area contributed by atoms with Crippen molar-refractivity contribution in [3.05, 3.63) is 120 Å². The molecule has 0 atom stereocenters. The lowest BCUT2D eigenvalue weighted by Gasteiger charge is -2.11. The SMILES string of the molecule is Cc1cccc2c(-c3ccccc3Cl)c(C(=O)NN=Cc3cc(Br)cc(Br)c3OC(=O)c3ccc(Cl)cc3)[nH]c12. The molecule has 1 aromatic heterocycles. The first-order valence-electron chi connectivity index (χ1n) is 11.9. The van der Waals surface area contributed by atoms with Gasteiger partial charge in [-0.25, -0.2) is 10.2 Å². The standard InChI is InChI=1S/C30H19Br2Cl2N3O3/c1-16-5-4-7-22-25(21-6-2-3-8-24(21)34)27(36-26(16)22)29(38)37-35-15-18-13-19(31)14-23(32)28(18)40-30(39)17-9-11-20(33)12-10-17/h2-15,36H,1H3,(H,37,38). The number of para-hydroxylation sites is 1. The quantitative estimate of drug-likeness (QED) is 0.0804. The van der Waals surface area contributed by atoms with Gasteiger partial charge < -0.3 is 9.72 Å². The summed E-state index contributed by atoms with van der Waals surface area (Å²) in [5, 5.41) is 6.07. The second kappa shape index (κ2) is 12.0. The number of carbonyl (C=O) groups excluding carboxylic acids is 2. The highest BCUT2D eigenvalue weighted by Crippen LogP contribution is 2.37. The number of H-pyrrole nitrogens is 1. The van der Waals surface area contributed by atoms with Crippen molar-refractivity contribution in [3.8, 4) is 16.9 Å². The number of rotatable bonds is 6. The fourth-order valence-electron chi connectivity index (χ4n) is 4.22. The van der Waals surface area contributed by atoms with E-state index < -0.39 is 11.9 Å². The van der Waals surface area contributed by atoms with Gasteiger partial charge in [-0.2, -0.15) is 5.10 Å². The Bertz CT molecular complexity index is 1800. The lowest BCUT2D eigenvalue weighted by molar-refractivity contribution is 0.0733. The lowest BCUT2D eigenvalue weighted by Crippen LogP contribution is -2.19. The number of benzene rings is 4. The van der Waals surface area contributed by atoms with E-state index in [1.54, 1.807) is 42.5 Å². The molecule has 200 valence electrons. The van der Waals surface area contributed by atoms with Crippen LogP contribution in [-0.2, 0) is 0 Å². The van der Waals surface area contributed by atoms with Crippen molar-refractivity contribution in [2.75, 3.05) is 0 Å². The van der Waals surface area contributed by atoms with Gasteiger partial charge in [-0.15, -0.1) is 0 Å². The van der Waals surface area contributed by atoms with Gasteiger partial charge in [0.05, 0.1) is 16.3 Å². The van der Waals surface area contributed by atoms with Crippen LogP contribution in [0.3, 0.4) is 0 Å². The Morgan fingerprint density at radius 1 is 0.975 bits per heavy atom. The maximum absolute atomic E-state index is 13.4. The number of hydrogen-bond acceptors (Lipinski definition) is 4. The number of hydrogen-bond donors (Lipinski definition) is 2. The molecule has 10 heteroatoms. The van der Waals surface area contributed by atoms with Gasteiger partial charge in [-0.3, -0.25) is 4.79 Å². The highest BCUT2D eigenvalue weighted by atomic mass is 79.9. The van der Waals surface area contributed by atoms with Gasteiger partial charge in [-0.05, 0) is 70.9 Å². The number of amides is 1. The summed E-state index contributed by atoms with van der Waals surface area (Å²) in [4.78, 5) is 29.4. The molecular formula is C30H19Br2Cl2N3O3. The van der Waals surface area contributed by atoms with E-state index in [0.29, 0.717) is 41.4 Å². The fraction of sp³-hybridized carbons (Fsp3) is 0.0333. The minimum absolute atomic E-state index is 0.235. The lowest BCUT2D eigenvalue weighted by atomic mass is 10.0. The number of esters is 1. The Morgan fingerprint density at radius 2 is 1.73 bits per heavy atom. The zero-order valence-corrected chi connectivity index (χ0v) is 25.5. The molecule has 0 unspecified atom stereocenters. The summed E-state index contributed by atoms with van der Waals surface area (Å²) in [6.07, 6.45) is 1.40. The van der Waals surface area contributed by atoms with Gasteiger partial charge in [0.2, 0.25) is 0 Å². The maximum Gasteiger partial charge on any atom is 0.343 e. The molecule has 1 heterocycles. The Hall–Kier alpha value is -3.43. The molecule has 0 spiro atoms. The molecule has 1 amide bonds. The van der Waals surface area contributed by atoms with E-state index >= 15 is 0 Å². The Kier molecular flexibility index (Phi) is 8.42. The fourth-order valence-corrected chi connectivity index (χ4v) is 5.91. The van der Waals surface area contributed by atoms with Crippen LogP contribution in [0, 0.1) is 6.92 Å². The molecule has 40 heavy (non-hydrogen) atoms. The van der Waals surface area contributed by atoms with Crippen LogP contribution in [0.15, 0.2) is 92.9 Å². The Labute approximate surface area is 256 Å². The summed E-state index contributed by atoms with van der Waals surface area (Å²) in [6, 6.07) is 23.0. The van der Waals surface area contributed by atoms with Crippen molar-refractivity contribution in [2.24, 2.45) is 5.10 Å². The third kappa shape index (κ3) is 5.86. The van der Waals surface area contributed by atoms with Gasteiger partial charge in [0.1, 0.15) is 5.69 Å². The molecule has 0 fully saturated rings. The van der Waals surface area contributed by atoms with Crippen LogP contribution < -0.4 is 10.2 Å². The van der Waals surface area contributed by atoms with Crippen molar-refractivity contribution < 1.29 is 14.3 Å². The minimum atomic E-state index is -0.573. The van der Waals surface area contributed by atoms with Crippen LogP contribution in [0.1, 0.15) is 32.0 Å². The molecule has 2 N–H and O–H groups in total. The normalized spacial score (nSPS) is 11.2. The maximum atomic E-state index is 13.4. The largest absolute Gasteiger partial charge is 0.421 e. The summed E-state index contributed by atoms with van der Waals surface area (Å²) < 4.78 is 6.90. The van der Waals surface area contributed by atoms with Crippen LogP contribution >= 0.6 is 55.1 Å². The number of ether oxygens (including phenoxy) is 1. The molecule has 0 aliphatic carbocycles. The van der Waals surface area contributed by atoms with Crippen molar-refractivity contribution in [2.45, 2.75) is 6.92 Å². The third-order valence-electron chi connectivity index (χ3n) is 6.09. The van der Waals surface area contributed by atoms with Gasteiger partial charge >= 0.3 is 5.97 Å². The van der Waals surface area contributed by atoms with E-state index in [-0.39, 0.29) is 5.75 Å². The van der Waals surface area contributed by atoms with Gasteiger partial charge in [0.15, 0.2) is 5.75 Å². The second-order valence-corrected chi connectivity index (χ2v) is 11.4. The van der Waals surface area contributed by atoms with Crippen molar-refractivity contribution in [1.82, 2.24) is 10.4 Å². The zero-order valence-electron chi connectivity index (χ0n) is 20.8. The minimum Gasteiger partial charge on any atom is -0.421 e. The molecule has 0 bridgehead atoms. The van der Waals surface area contributed by atoms with E-state index in [9.17, 15) is 9.59 Å². The molecule has 0 saturated carbocycles. The molecular weight excluding hydrogens is 681 g/mol. The summed E-state index contributed by atoms with van der Waals surface area (Å²) in [5.41, 5.74) is 6.90. The number of nitrogens with one attached hydrogen (secondary N) is 2. The molecule has 5 aromatic rings. The zero-order chi connectivity index (χ0) is 28.4. The van der Waals surface area contributed by atoms with E-state index in [0.717, 1.165) is 22.0 Å². The van der Waals surface area contributed by atoms with Crippen LogP contribution in [0.5, 0.6) is 5.75 Å². The number of hydrazone groups is 1. The van der Waals surface area contributed by atoms with Crippen molar-refractivity contribution in [1.29, 1.82) is 0 Å². The van der Waals surface area contributed by atoms with E-state index in [4.69, 9.17) is 27.9 Å². The third-order valence-corrected chi connectivity index (χ3v) is 7.72. The average molecular weight is 700 g/mol. The first-order chi connectivity index (χ1) is 19.2. The molecule has 5 rings (SSSR count). The molecule has 0 aliphatic heterocycles.